The van der Waals surface area contributed by atoms with Crippen LogP contribution in [-0.2, 0) is 5.97 Å². The molecular formula is C26H31N5O4. The number of aliphatic hydroxyl groups is 3. The topological polar surface area (TPSA) is 130 Å². The Labute approximate surface area is 204 Å². The van der Waals surface area contributed by atoms with Gasteiger partial charge < -0.3 is 30.7 Å². The van der Waals surface area contributed by atoms with Gasteiger partial charge in [-0.25, -0.2) is 4.98 Å². The van der Waals surface area contributed by atoms with E-state index in [1.54, 1.807) is 44.4 Å². The van der Waals surface area contributed by atoms with Crippen LogP contribution in [0.3, 0.4) is 0 Å². The zero-order chi connectivity index (χ0) is 25.2. The third-order valence-corrected chi connectivity index (χ3v) is 5.88. The number of piperidine rings is 1. The third-order valence-electron chi connectivity index (χ3n) is 5.88. The number of hydrogen-bond acceptors (Lipinski definition) is 8. The molecule has 1 aliphatic heterocycles. The first kappa shape index (κ1) is 24.7. The molecule has 0 bridgehead atoms. The summed E-state index contributed by atoms with van der Waals surface area (Å²) in [7, 11) is 2.12. The van der Waals surface area contributed by atoms with Crippen molar-refractivity contribution in [2.75, 3.05) is 25.9 Å². The summed E-state index contributed by atoms with van der Waals surface area (Å²) in [6, 6.07) is 8.22. The van der Waals surface area contributed by atoms with Gasteiger partial charge in [-0.2, -0.15) is 5.10 Å². The summed E-state index contributed by atoms with van der Waals surface area (Å²) < 4.78 is 7.48. The minimum Gasteiger partial charge on any atom is -0.432 e. The summed E-state index contributed by atoms with van der Waals surface area (Å²) in [6.45, 7) is 5.19. The van der Waals surface area contributed by atoms with Gasteiger partial charge in [-0.15, -0.1) is 0 Å². The molecule has 0 atom stereocenters. The molecule has 2 aromatic heterocycles. The number of ether oxygens (including phenoxy) is 1. The number of pyridine rings is 1. The van der Waals surface area contributed by atoms with Crippen molar-refractivity contribution in [2.45, 2.75) is 44.3 Å². The molecule has 4 rings (SSSR count). The predicted octanol–water partition coefficient (Wildman–Crippen LogP) is 2.09. The standard InChI is InChI=1S/C26H31N5O4/c1-25(2,32)10-7-18-5-4-6-21(13-18)26(33,34)35-23-14-19(15-28-24(23)27)20-16-29-31(17-20)22-8-11-30(3)12-9-22/h4-6,13-17,22,32-34H,8-9,11-12H2,1-3H3,(H2,27,28). The molecule has 3 aromatic rings. The molecule has 0 aliphatic carbocycles. The molecule has 1 aliphatic rings. The van der Waals surface area contributed by atoms with Gasteiger partial charge in [0.25, 0.3) is 0 Å². The third kappa shape index (κ3) is 6.18. The molecule has 0 radical (unpaired) electrons. The summed E-state index contributed by atoms with van der Waals surface area (Å²) in [4.78, 5) is 6.48. The van der Waals surface area contributed by atoms with E-state index in [1.807, 2.05) is 10.9 Å². The Hall–Kier alpha value is -3.42. The zero-order valence-electron chi connectivity index (χ0n) is 20.1. The Morgan fingerprint density at radius 3 is 2.54 bits per heavy atom. The number of rotatable bonds is 5. The second kappa shape index (κ2) is 9.68. The smallest absolute Gasteiger partial charge is 0.351 e. The minimum atomic E-state index is -2.68. The summed E-state index contributed by atoms with van der Waals surface area (Å²) in [5.74, 6) is 2.85. The van der Waals surface area contributed by atoms with Gasteiger partial charge in [0, 0.05) is 29.1 Å². The maximum Gasteiger partial charge on any atom is 0.351 e. The van der Waals surface area contributed by atoms with E-state index in [0.717, 1.165) is 31.5 Å². The molecule has 0 unspecified atom stereocenters. The van der Waals surface area contributed by atoms with Gasteiger partial charge in [0.2, 0.25) is 0 Å². The Balaban J connectivity index is 1.55. The molecule has 35 heavy (non-hydrogen) atoms. The summed E-state index contributed by atoms with van der Waals surface area (Å²) in [5.41, 5.74) is 6.86. The lowest BCUT2D eigenvalue weighted by Gasteiger charge is -2.28. The largest absolute Gasteiger partial charge is 0.432 e. The number of nitrogen functional groups attached to an aromatic ring is 1. The SMILES string of the molecule is CN1CCC(n2cc(-c3cnc(N)c(OC(O)(O)c4cccc(C#CC(C)(C)O)c4)c3)cn2)CC1. The fourth-order valence-electron chi connectivity index (χ4n) is 3.88. The first-order valence-corrected chi connectivity index (χ1v) is 11.5. The molecular weight excluding hydrogens is 446 g/mol. The molecule has 0 amide bonds. The highest BCUT2D eigenvalue weighted by atomic mass is 16.8. The van der Waals surface area contributed by atoms with Gasteiger partial charge in [0.05, 0.1) is 17.8 Å². The number of nitrogens with two attached hydrogens (primary N) is 1. The number of anilines is 1. The van der Waals surface area contributed by atoms with Crippen molar-refractivity contribution >= 4 is 5.82 Å². The first-order valence-electron chi connectivity index (χ1n) is 11.5. The first-order chi connectivity index (χ1) is 16.5. The van der Waals surface area contributed by atoms with E-state index >= 15 is 0 Å². The summed E-state index contributed by atoms with van der Waals surface area (Å²) in [5, 5.41) is 35.8. The van der Waals surface area contributed by atoms with Crippen LogP contribution in [0.25, 0.3) is 11.1 Å². The molecule has 184 valence electrons. The predicted molar refractivity (Wildman–Crippen MR) is 132 cm³/mol. The molecule has 1 saturated heterocycles. The average molecular weight is 478 g/mol. The molecule has 3 heterocycles. The van der Waals surface area contributed by atoms with Gasteiger partial charge in [-0.05, 0) is 71.1 Å². The quantitative estimate of drug-likeness (QED) is 0.325. The fourth-order valence-corrected chi connectivity index (χ4v) is 3.88. The molecule has 1 aromatic carbocycles. The number of nitrogens with zero attached hydrogens (tertiary/aromatic N) is 4. The van der Waals surface area contributed by atoms with E-state index in [-0.39, 0.29) is 17.1 Å². The molecule has 9 nitrogen and oxygen atoms in total. The van der Waals surface area contributed by atoms with E-state index in [9.17, 15) is 15.3 Å². The van der Waals surface area contributed by atoms with E-state index in [1.165, 1.54) is 12.1 Å². The van der Waals surface area contributed by atoms with Crippen molar-refractivity contribution in [3.8, 4) is 28.7 Å². The normalized spacial score (nSPS) is 15.5. The molecule has 1 fully saturated rings. The Morgan fingerprint density at radius 2 is 1.83 bits per heavy atom. The lowest BCUT2D eigenvalue weighted by Crippen LogP contribution is -2.32. The van der Waals surface area contributed by atoms with E-state index < -0.39 is 11.6 Å². The number of benzene rings is 1. The van der Waals surface area contributed by atoms with E-state index in [4.69, 9.17) is 10.5 Å². The van der Waals surface area contributed by atoms with Crippen molar-refractivity contribution in [3.05, 3.63) is 60.0 Å². The highest BCUT2D eigenvalue weighted by Gasteiger charge is 2.30. The summed E-state index contributed by atoms with van der Waals surface area (Å²) in [6.07, 6.45) is 7.38. The van der Waals surface area contributed by atoms with Gasteiger partial charge in [-0.1, -0.05) is 17.9 Å². The van der Waals surface area contributed by atoms with Crippen LogP contribution in [0.1, 0.15) is 43.9 Å². The van der Waals surface area contributed by atoms with Crippen molar-refractivity contribution in [1.82, 2.24) is 19.7 Å². The van der Waals surface area contributed by atoms with Crippen LogP contribution < -0.4 is 10.5 Å². The number of aromatic nitrogens is 3. The highest BCUT2D eigenvalue weighted by molar-refractivity contribution is 5.66. The molecule has 5 N–H and O–H groups in total. The fraction of sp³-hybridized carbons (Fsp3) is 0.385. The van der Waals surface area contributed by atoms with Crippen LogP contribution in [0, 0.1) is 11.8 Å². The minimum absolute atomic E-state index is 0.0157. The Bertz CT molecular complexity index is 1240. The van der Waals surface area contributed by atoms with Crippen molar-refractivity contribution in [1.29, 1.82) is 0 Å². The van der Waals surface area contributed by atoms with Crippen LogP contribution in [0.15, 0.2) is 48.9 Å². The molecule has 0 saturated carbocycles. The van der Waals surface area contributed by atoms with E-state index in [0.29, 0.717) is 17.2 Å². The average Bonchev–Trinajstić information content (AvgIpc) is 3.30. The van der Waals surface area contributed by atoms with Crippen LogP contribution >= 0.6 is 0 Å². The van der Waals surface area contributed by atoms with Crippen LogP contribution in [-0.4, -0.2) is 60.7 Å². The monoisotopic (exact) mass is 477 g/mol. The van der Waals surface area contributed by atoms with Crippen LogP contribution in [0.2, 0.25) is 0 Å². The lowest BCUT2D eigenvalue weighted by atomic mass is 10.1. The van der Waals surface area contributed by atoms with E-state index in [2.05, 4.69) is 33.9 Å². The lowest BCUT2D eigenvalue weighted by molar-refractivity contribution is -0.303. The second-order valence-electron chi connectivity index (χ2n) is 9.45. The van der Waals surface area contributed by atoms with Crippen molar-refractivity contribution < 1.29 is 20.1 Å². The Kier molecular flexibility index (Phi) is 6.83. The highest BCUT2D eigenvalue weighted by Crippen LogP contribution is 2.32. The molecule has 9 heteroatoms. The maximum atomic E-state index is 10.7. The maximum absolute atomic E-state index is 10.7. The number of likely N-dealkylation sites (tertiary alicyclic amines) is 1. The second-order valence-corrected chi connectivity index (χ2v) is 9.45. The zero-order valence-corrected chi connectivity index (χ0v) is 20.1. The van der Waals surface area contributed by atoms with Gasteiger partial charge in [0.15, 0.2) is 11.6 Å². The van der Waals surface area contributed by atoms with Crippen molar-refractivity contribution in [3.63, 3.8) is 0 Å². The van der Waals surface area contributed by atoms with Crippen LogP contribution in [0.5, 0.6) is 5.75 Å². The Morgan fingerprint density at radius 1 is 1.09 bits per heavy atom. The molecule has 0 spiro atoms. The number of hydrogen-bond donors (Lipinski definition) is 4. The summed E-state index contributed by atoms with van der Waals surface area (Å²) >= 11 is 0. The van der Waals surface area contributed by atoms with Crippen molar-refractivity contribution in [2.24, 2.45) is 0 Å². The van der Waals surface area contributed by atoms with Gasteiger partial charge in [0.1, 0.15) is 5.60 Å². The van der Waals surface area contributed by atoms with Gasteiger partial charge in [-0.3, -0.25) is 4.68 Å². The van der Waals surface area contributed by atoms with Gasteiger partial charge >= 0.3 is 5.97 Å². The van der Waals surface area contributed by atoms with Crippen LogP contribution in [0.4, 0.5) is 5.82 Å².